The van der Waals surface area contributed by atoms with E-state index in [2.05, 4.69) is 26.0 Å². The number of hydrogen-bond acceptors (Lipinski definition) is 2. The Bertz CT molecular complexity index is 661. The highest BCUT2D eigenvalue weighted by Crippen LogP contribution is 2.32. The highest BCUT2D eigenvalue weighted by atomic mass is 19.1. The molecule has 0 bridgehead atoms. The minimum absolute atomic E-state index is 0.205. The Morgan fingerprint density at radius 1 is 1.09 bits per heavy atom. The number of hydrogen-bond donors (Lipinski definition) is 1. The standard InChI is InChI=1S/C20H26FNO/c1-5-23-10-9-18(22)17-12-16(11-15(4)20(17)21)19-13(2)7-6-8-14(19)3/h6-8,11-12,18H,5,9-10,22H2,1-4H3/t18-/m0/s1. The summed E-state index contributed by atoms with van der Waals surface area (Å²) in [5.74, 6) is -0.205. The largest absolute Gasteiger partial charge is 0.382 e. The molecule has 2 rings (SSSR count). The molecular weight excluding hydrogens is 289 g/mol. The maximum absolute atomic E-state index is 14.5. The highest BCUT2D eigenvalue weighted by Gasteiger charge is 2.17. The van der Waals surface area contributed by atoms with Crippen LogP contribution in [0.1, 0.15) is 41.6 Å². The fourth-order valence-corrected chi connectivity index (χ4v) is 2.99. The van der Waals surface area contributed by atoms with E-state index < -0.39 is 0 Å². The maximum atomic E-state index is 14.5. The lowest BCUT2D eigenvalue weighted by molar-refractivity contribution is 0.139. The molecule has 0 saturated carbocycles. The second-order valence-corrected chi connectivity index (χ2v) is 6.06. The Balaban J connectivity index is 2.44. The molecule has 3 heteroatoms. The molecule has 0 heterocycles. The molecule has 0 aliphatic heterocycles. The van der Waals surface area contributed by atoms with Gasteiger partial charge in [0.05, 0.1) is 0 Å². The van der Waals surface area contributed by atoms with Crippen LogP contribution >= 0.6 is 0 Å². The van der Waals surface area contributed by atoms with Crippen LogP contribution in [0.5, 0.6) is 0 Å². The van der Waals surface area contributed by atoms with Gasteiger partial charge in [-0.3, -0.25) is 0 Å². The summed E-state index contributed by atoms with van der Waals surface area (Å²) >= 11 is 0. The molecule has 2 aromatic rings. The quantitative estimate of drug-likeness (QED) is 0.774. The van der Waals surface area contributed by atoms with Crippen LogP contribution in [0.15, 0.2) is 30.3 Å². The van der Waals surface area contributed by atoms with Crippen molar-refractivity contribution in [2.24, 2.45) is 5.73 Å². The summed E-state index contributed by atoms with van der Waals surface area (Å²) in [5.41, 5.74) is 12.0. The Morgan fingerprint density at radius 2 is 1.74 bits per heavy atom. The number of benzene rings is 2. The molecule has 2 N–H and O–H groups in total. The molecule has 2 aromatic carbocycles. The number of halogens is 1. The predicted molar refractivity (Wildman–Crippen MR) is 94.1 cm³/mol. The van der Waals surface area contributed by atoms with E-state index in [0.717, 1.165) is 11.1 Å². The lowest BCUT2D eigenvalue weighted by Crippen LogP contribution is -2.15. The molecule has 0 aliphatic carbocycles. The third-order valence-corrected chi connectivity index (χ3v) is 4.23. The van der Waals surface area contributed by atoms with E-state index in [1.807, 2.05) is 25.1 Å². The fraction of sp³-hybridized carbons (Fsp3) is 0.400. The summed E-state index contributed by atoms with van der Waals surface area (Å²) in [4.78, 5) is 0. The monoisotopic (exact) mass is 315 g/mol. The second kappa shape index (κ2) is 7.71. The van der Waals surface area contributed by atoms with Crippen molar-refractivity contribution < 1.29 is 9.13 Å². The molecule has 0 fully saturated rings. The van der Waals surface area contributed by atoms with Gasteiger partial charge in [-0.2, -0.15) is 0 Å². The van der Waals surface area contributed by atoms with Crippen LogP contribution in [-0.2, 0) is 4.74 Å². The Labute approximate surface area is 138 Å². The van der Waals surface area contributed by atoms with Crippen LogP contribution < -0.4 is 5.73 Å². The molecule has 1 atom stereocenters. The number of nitrogens with two attached hydrogens (primary N) is 1. The van der Waals surface area contributed by atoms with Gasteiger partial charge in [-0.25, -0.2) is 4.39 Å². The van der Waals surface area contributed by atoms with Crippen LogP contribution in [0.3, 0.4) is 0 Å². The minimum Gasteiger partial charge on any atom is -0.382 e. The molecule has 0 spiro atoms. The van der Waals surface area contributed by atoms with Gasteiger partial charge < -0.3 is 10.5 Å². The van der Waals surface area contributed by atoms with Crippen molar-refractivity contribution in [2.75, 3.05) is 13.2 Å². The van der Waals surface area contributed by atoms with Crippen molar-refractivity contribution in [2.45, 2.75) is 40.2 Å². The van der Waals surface area contributed by atoms with E-state index in [1.54, 1.807) is 6.92 Å². The zero-order valence-electron chi connectivity index (χ0n) is 14.4. The molecule has 0 aliphatic rings. The number of ether oxygens (including phenoxy) is 1. The third kappa shape index (κ3) is 3.98. The average Bonchev–Trinajstić information content (AvgIpc) is 2.50. The van der Waals surface area contributed by atoms with Crippen LogP contribution in [0, 0.1) is 26.6 Å². The molecule has 2 nitrogen and oxygen atoms in total. The molecule has 0 aromatic heterocycles. The van der Waals surface area contributed by atoms with E-state index in [9.17, 15) is 4.39 Å². The topological polar surface area (TPSA) is 35.2 Å². The van der Waals surface area contributed by atoms with E-state index in [1.165, 1.54) is 11.1 Å². The van der Waals surface area contributed by atoms with Crippen molar-refractivity contribution in [3.05, 3.63) is 58.4 Å². The lowest BCUT2D eigenvalue weighted by Gasteiger charge is -2.18. The first-order chi connectivity index (χ1) is 11.0. The van der Waals surface area contributed by atoms with Crippen LogP contribution in [0.2, 0.25) is 0 Å². The summed E-state index contributed by atoms with van der Waals surface area (Å²) < 4.78 is 19.9. The Kier molecular flexibility index (Phi) is 5.91. The van der Waals surface area contributed by atoms with Gasteiger partial charge in [0.25, 0.3) is 0 Å². The Hall–Kier alpha value is -1.71. The van der Waals surface area contributed by atoms with Crippen molar-refractivity contribution in [1.29, 1.82) is 0 Å². The van der Waals surface area contributed by atoms with Crippen molar-refractivity contribution in [1.82, 2.24) is 0 Å². The van der Waals surface area contributed by atoms with Gasteiger partial charge in [-0.1, -0.05) is 18.2 Å². The SMILES string of the molecule is CCOCC[C@H](N)c1cc(-c2c(C)cccc2C)cc(C)c1F. The normalized spacial score (nSPS) is 12.4. The van der Waals surface area contributed by atoms with E-state index in [0.29, 0.717) is 30.8 Å². The van der Waals surface area contributed by atoms with Crippen LogP contribution in [-0.4, -0.2) is 13.2 Å². The highest BCUT2D eigenvalue weighted by molar-refractivity contribution is 5.72. The molecule has 0 saturated heterocycles. The average molecular weight is 315 g/mol. The lowest BCUT2D eigenvalue weighted by atomic mass is 9.91. The molecule has 0 unspecified atom stereocenters. The van der Waals surface area contributed by atoms with Crippen LogP contribution in [0.25, 0.3) is 11.1 Å². The summed E-state index contributed by atoms with van der Waals surface area (Å²) in [5, 5.41) is 0. The summed E-state index contributed by atoms with van der Waals surface area (Å²) in [7, 11) is 0. The first-order valence-electron chi connectivity index (χ1n) is 8.15. The number of aryl methyl sites for hydroxylation is 3. The van der Waals surface area contributed by atoms with Gasteiger partial charge >= 0.3 is 0 Å². The Morgan fingerprint density at radius 3 is 2.35 bits per heavy atom. The molecular formula is C20H26FNO. The molecule has 0 amide bonds. The summed E-state index contributed by atoms with van der Waals surface area (Å²) in [6.45, 7) is 9.09. The zero-order chi connectivity index (χ0) is 17.0. The smallest absolute Gasteiger partial charge is 0.130 e. The number of rotatable bonds is 6. The van der Waals surface area contributed by atoms with Crippen molar-refractivity contribution >= 4 is 0 Å². The maximum Gasteiger partial charge on any atom is 0.130 e. The van der Waals surface area contributed by atoms with E-state index in [4.69, 9.17) is 10.5 Å². The van der Waals surface area contributed by atoms with Crippen LogP contribution in [0.4, 0.5) is 4.39 Å². The van der Waals surface area contributed by atoms with Gasteiger partial charge in [-0.15, -0.1) is 0 Å². The van der Waals surface area contributed by atoms with Gasteiger partial charge in [0, 0.05) is 24.8 Å². The third-order valence-electron chi connectivity index (χ3n) is 4.23. The molecule has 0 radical (unpaired) electrons. The molecule has 23 heavy (non-hydrogen) atoms. The second-order valence-electron chi connectivity index (χ2n) is 6.06. The summed E-state index contributed by atoms with van der Waals surface area (Å²) in [6.07, 6.45) is 0.612. The van der Waals surface area contributed by atoms with Gasteiger partial charge in [0.2, 0.25) is 0 Å². The minimum atomic E-state index is -0.357. The first kappa shape index (κ1) is 17.6. The first-order valence-corrected chi connectivity index (χ1v) is 8.15. The predicted octanol–water partition coefficient (Wildman–Crippen LogP) is 4.84. The summed E-state index contributed by atoms with van der Waals surface area (Å²) in [6, 6.07) is 9.65. The van der Waals surface area contributed by atoms with Gasteiger partial charge in [0.15, 0.2) is 0 Å². The van der Waals surface area contributed by atoms with E-state index >= 15 is 0 Å². The van der Waals surface area contributed by atoms with Crippen molar-refractivity contribution in [3.8, 4) is 11.1 Å². The van der Waals surface area contributed by atoms with Gasteiger partial charge in [-0.05, 0) is 74.1 Å². The molecule has 124 valence electrons. The fourth-order valence-electron chi connectivity index (χ4n) is 2.99. The van der Waals surface area contributed by atoms with E-state index in [-0.39, 0.29) is 11.9 Å². The van der Waals surface area contributed by atoms with Gasteiger partial charge in [0.1, 0.15) is 5.82 Å². The zero-order valence-corrected chi connectivity index (χ0v) is 14.4. The van der Waals surface area contributed by atoms with Crippen molar-refractivity contribution in [3.63, 3.8) is 0 Å².